The Morgan fingerprint density at radius 2 is 2.06 bits per heavy atom. The van der Waals surface area contributed by atoms with Crippen LogP contribution in [0.2, 0.25) is 0 Å². The van der Waals surface area contributed by atoms with Crippen LogP contribution in [0.3, 0.4) is 0 Å². The van der Waals surface area contributed by atoms with Gasteiger partial charge in [-0.2, -0.15) is 13.2 Å². The Kier molecular flexibility index (Phi) is 4.00. The fourth-order valence-corrected chi connectivity index (χ4v) is 2.68. The van der Waals surface area contributed by atoms with E-state index in [1.165, 1.54) is 0 Å². The molecule has 102 valence electrons. The van der Waals surface area contributed by atoms with Crippen molar-refractivity contribution in [3.05, 3.63) is 24.0 Å². The van der Waals surface area contributed by atoms with Gasteiger partial charge in [-0.1, -0.05) is 12.8 Å². The SMILES string of the molecule is Cn1cccc1CNC1CCCCC1C(F)(F)F. The number of nitrogens with zero attached hydrogens (tertiary/aromatic N) is 1. The van der Waals surface area contributed by atoms with Crippen LogP contribution < -0.4 is 5.32 Å². The lowest BCUT2D eigenvalue weighted by molar-refractivity contribution is -0.189. The molecule has 2 nitrogen and oxygen atoms in total. The highest BCUT2D eigenvalue weighted by molar-refractivity contribution is 5.06. The van der Waals surface area contributed by atoms with Crippen molar-refractivity contribution in [2.24, 2.45) is 13.0 Å². The zero-order valence-corrected chi connectivity index (χ0v) is 10.5. The largest absolute Gasteiger partial charge is 0.393 e. The molecule has 2 rings (SSSR count). The lowest BCUT2D eigenvalue weighted by Gasteiger charge is -2.33. The number of hydrogen-bond acceptors (Lipinski definition) is 1. The van der Waals surface area contributed by atoms with Gasteiger partial charge >= 0.3 is 6.18 Å². The average Bonchev–Trinajstić information content (AvgIpc) is 2.71. The minimum absolute atomic E-state index is 0.258. The van der Waals surface area contributed by atoms with Gasteiger partial charge in [-0.25, -0.2) is 0 Å². The second-order valence-corrected chi connectivity index (χ2v) is 5.03. The van der Waals surface area contributed by atoms with Gasteiger partial charge in [0.1, 0.15) is 0 Å². The molecular formula is C13H19F3N2. The van der Waals surface area contributed by atoms with Crippen LogP contribution in [-0.2, 0) is 13.6 Å². The van der Waals surface area contributed by atoms with Gasteiger partial charge in [0.05, 0.1) is 5.92 Å². The molecule has 1 heterocycles. The Morgan fingerprint density at radius 1 is 1.33 bits per heavy atom. The van der Waals surface area contributed by atoms with Gasteiger partial charge in [0, 0.05) is 31.5 Å². The van der Waals surface area contributed by atoms with Gasteiger partial charge in [0.25, 0.3) is 0 Å². The molecule has 1 fully saturated rings. The highest BCUT2D eigenvalue weighted by Crippen LogP contribution is 2.37. The molecule has 1 aliphatic carbocycles. The molecule has 5 heteroatoms. The highest BCUT2D eigenvalue weighted by Gasteiger charge is 2.45. The molecule has 1 aromatic rings. The first kappa shape index (κ1) is 13.5. The number of nitrogens with one attached hydrogen (secondary N) is 1. The van der Waals surface area contributed by atoms with Crippen molar-refractivity contribution in [2.75, 3.05) is 0 Å². The van der Waals surface area contributed by atoms with E-state index >= 15 is 0 Å². The van der Waals surface area contributed by atoms with Gasteiger partial charge in [0.15, 0.2) is 0 Å². The fourth-order valence-electron chi connectivity index (χ4n) is 2.68. The molecule has 1 saturated carbocycles. The lowest BCUT2D eigenvalue weighted by atomic mass is 9.84. The van der Waals surface area contributed by atoms with E-state index in [1.54, 1.807) is 0 Å². The monoisotopic (exact) mass is 260 g/mol. The standard InChI is InChI=1S/C13H19F3N2/c1-18-8-4-5-10(18)9-17-12-7-3-2-6-11(12)13(14,15)16/h4-5,8,11-12,17H,2-3,6-7,9H2,1H3. The van der Waals surface area contributed by atoms with Crippen molar-refractivity contribution >= 4 is 0 Å². The fraction of sp³-hybridized carbons (Fsp3) is 0.692. The Labute approximate surface area is 105 Å². The third-order valence-corrected chi connectivity index (χ3v) is 3.78. The summed E-state index contributed by atoms with van der Waals surface area (Å²) in [7, 11) is 1.90. The molecule has 0 amide bonds. The van der Waals surface area contributed by atoms with Gasteiger partial charge in [-0.3, -0.25) is 0 Å². The summed E-state index contributed by atoms with van der Waals surface area (Å²) in [4.78, 5) is 0. The predicted molar refractivity (Wildman–Crippen MR) is 64.1 cm³/mol. The highest BCUT2D eigenvalue weighted by atomic mass is 19.4. The molecule has 18 heavy (non-hydrogen) atoms. The molecule has 2 atom stereocenters. The summed E-state index contributed by atoms with van der Waals surface area (Å²) < 4.78 is 40.6. The third kappa shape index (κ3) is 3.07. The van der Waals surface area contributed by atoms with Crippen molar-refractivity contribution in [1.82, 2.24) is 9.88 Å². The summed E-state index contributed by atoms with van der Waals surface area (Å²) >= 11 is 0. The first-order valence-electron chi connectivity index (χ1n) is 6.39. The number of alkyl halides is 3. The number of rotatable bonds is 3. The number of halogens is 3. The minimum atomic E-state index is -4.08. The van der Waals surface area contributed by atoms with E-state index in [-0.39, 0.29) is 6.42 Å². The van der Waals surface area contributed by atoms with Crippen LogP contribution in [0.4, 0.5) is 13.2 Å². The quantitative estimate of drug-likeness (QED) is 0.883. The summed E-state index contributed by atoms with van der Waals surface area (Å²) in [5, 5.41) is 3.08. The van der Waals surface area contributed by atoms with E-state index in [2.05, 4.69) is 5.32 Å². The van der Waals surface area contributed by atoms with E-state index in [0.717, 1.165) is 12.1 Å². The molecule has 0 aromatic carbocycles. The third-order valence-electron chi connectivity index (χ3n) is 3.78. The Balaban J connectivity index is 1.96. The zero-order chi connectivity index (χ0) is 13.2. The summed E-state index contributed by atoms with van der Waals surface area (Å²) in [5.74, 6) is -1.19. The van der Waals surface area contributed by atoms with E-state index in [4.69, 9.17) is 0 Å². The Morgan fingerprint density at radius 3 is 2.67 bits per heavy atom. The average molecular weight is 260 g/mol. The molecule has 0 radical (unpaired) electrons. The van der Waals surface area contributed by atoms with E-state index < -0.39 is 18.1 Å². The summed E-state index contributed by atoms with van der Waals surface area (Å²) in [5.41, 5.74) is 1.02. The molecule has 2 unspecified atom stereocenters. The minimum Gasteiger partial charge on any atom is -0.353 e. The molecule has 1 aliphatic rings. The first-order chi connectivity index (χ1) is 8.48. The molecule has 0 saturated heterocycles. The molecule has 0 spiro atoms. The normalized spacial score (nSPS) is 25.3. The number of aromatic nitrogens is 1. The maximum absolute atomic E-state index is 12.9. The second-order valence-electron chi connectivity index (χ2n) is 5.03. The van der Waals surface area contributed by atoms with Crippen molar-refractivity contribution < 1.29 is 13.2 Å². The van der Waals surface area contributed by atoms with Gasteiger partial charge in [0.2, 0.25) is 0 Å². The van der Waals surface area contributed by atoms with E-state index in [1.807, 2.05) is 29.9 Å². The van der Waals surface area contributed by atoms with Crippen molar-refractivity contribution in [1.29, 1.82) is 0 Å². The molecule has 0 bridgehead atoms. The van der Waals surface area contributed by atoms with Gasteiger partial charge < -0.3 is 9.88 Å². The van der Waals surface area contributed by atoms with Crippen LogP contribution in [-0.4, -0.2) is 16.8 Å². The zero-order valence-electron chi connectivity index (χ0n) is 10.5. The molecule has 1 N–H and O–H groups in total. The first-order valence-corrected chi connectivity index (χ1v) is 6.39. The summed E-state index contributed by atoms with van der Waals surface area (Å²) in [6.07, 6.45) is 0.276. The van der Waals surface area contributed by atoms with Crippen molar-refractivity contribution in [3.8, 4) is 0 Å². The number of aryl methyl sites for hydroxylation is 1. The summed E-state index contributed by atoms with van der Waals surface area (Å²) in [6.45, 7) is 0.501. The summed E-state index contributed by atoms with van der Waals surface area (Å²) in [6, 6.07) is 3.39. The lowest BCUT2D eigenvalue weighted by Crippen LogP contribution is -2.45. The topological polar surface area (TPSA) is 17.0 Å². The van der Waals surface area contributed by atoms with Gasteiger partial charge in [-0.05, 0) is 25.0 Å². The van der Waals surface area contributed by atoms with Gasteiger partial charge in [-0.15, -0.1) is 0 Å². The van der Waals surface area contributed by atoms with Crippen LogP contribution in [0.25, 0.3) is 0 Å². The van der Waals surface area contributed by atoms with Crippen molar-refractivity contribution in [2.45, 2.75) is 44.4 Å². The predicted octanol–water partition coefficient (Wildman–Crippen LogP) is 3.24. The smallest absolute Gasteiger partial charge is 0.353 e. The number of hydrogen-bond donors (Lipinski definition) is 1. The van der Waals surface area contributed by atoms with E-state index in [0.29, 0.717) is 19.4 Å². The Hall–Kier alpha value is -0.970. The van der Waals surface area contributed by atoms with E-state index in [9.17, 15) is 13.2 Å². The van der Waals surface area contributed by atoms with Crippen LogP contribution in [0.15, 0.2) is 18.3 Å². The second kappa shape index (κ2) is 5.34. The van der Waals surface area contributed by atoms with Crippen LogP contribution in [0.1, 0.15) is 31.4 Å². The molecule has 0 aliphatic heterocycles. The van der Waals surface area contributed by atoms with Crippen molar-refractivity contribution in [3.63, 3.8) is 0 Å². The van der Waals surface area contributed by atoms with Crippen LogP contribution >= 0.6 is 0 Å². The molecular weight excluding hydrogens is 241 g/mol. The Bertz CT molecular complexity index is 384. The maximum Gasteiger partial charge on any atom is 0.393 e. The maximum atomic E-state index is 12.9. The van der Waals surface area contributed by atoms with Crippen LogP contribution in [0.5, 0.6) is 0 Å². The van der Waals surface area contributed by atoms with Crippen LogP contribution in [0, 0.1) is 5.92 Å². The molecule has 1 aromatic heterocycles.